The zero-order valence-corrected chi connectivity index (χ0v) is 12.4. The summed E-state index contributed by atoms with van der Waals surface area (Å²) in [6.45, 7) is 4.25. The predicted octanol–water partition coefficient (Wildman–Crippen LogP) is 1.07. The molecule has 18 heavy (non-hydrogen) atoms. The van der Waals surface area contributed by atoms with Crippen molar-refractivity contribution in [3.8, 4) is 0 Å². The molecule has 0 unspecified atom stereocenters. The summed E-state index contributed by atoms with van der Waals surface area (Å²) in [6.07, 6.45) is 1.62. The summed E-state index contributed by atoms with van der Waals surface area (Å²) >= 11 is 5.55. The summed E-state index contributed by atoms with van der Waals surface area (Å²) in [6, 6.07) is 0. The minimum Gasteiger partial charge on any atom is -0.381 e. The van der Waals surface area contributed by atoms with Crippen LogP contribution in [0.25, 0.3) is 0 Å². The molecule has 0 aliphatic carbocycles. The van der Waals surface area contributed by atoms with Crippen LogP contribution in [-0.2, 0) is 19.5 Å². The van der Waals surface area contributed by atoms with E-state index in [1.807, 2.05) is 6.92 Å². The zero-order valence-electron chi connectivity index (χ0n) is 10.8. The Morgan fingerprint density at radius 1 is 1.28 bits per heavy atom. The van der Waals surface area contributed by atoms with Gasteiger partial charge in [-0.1, -0.05) is 0 Å². The van der Waals surface area contributed by atoms with Gasteiger partial charge in [0, 0.05) is 25.6 Å². The van der Waals surface area contributed by atoms with Crippen LogP contribution >= 0.6 is 11.6 Å². The van der Waals surface area contributed by atoms with Crippen molar-refractivity contribution in [2.75, 3.05) is 44.5 Å². The Morgan fingerprint density at radius 3 is 2.50 bits per heavy atom. The van der Waals surface area contributed by atoms with Crippen LogP contribution in [0.15, 0.2) is 0 Å². The van der Waals surface area contributed by atoms with Crippen LogP contribution in [0.1, 0.15) is 19.8 Å². The number of halogens is 1. The van der Waals surface area contributed by atoms with Crippen molar-refractivity contribution in [2.24, 2.45) is 0 Å². The first kappa shape index (κ1) is 16.2. The van der Waals surface area contributed by atoms with E-state index >= 15 is 0 Å². The minimum atomic E-state index is -3.17. The molecule has 0 N–H and O–H groups in total. The van der Waals surface area contributed by atoms with Crippen LogP contribution < -0.4 is 0 Å². The van der Waals surface area contributed by atoms with Crippen molar-refractivity contribution in [1.29, 1.82) is 0 Å². The third kappa shape index (κ3) is 5.40. The number of ether oxygens (including phenoxy) is 2. The highest BCUT2D eigenvalue weighted by Gasteiger charge is 2.27. The van der Waals surface area contributed by atoms with Gasteiger partial charge in [0.1, 0.15) is 0 Å². The molecule has 1 aliphatic rings. The van der Waals surface area contributed by atoms with E-state index < -0.39 is 10.0 Å². The maximum atomic E-state index is 12.0. The van der Waals surface area contributed by atoms with Crippen molar-refractivity contribution in [2.45, 2.75) is 25.9 Å². The largest absolute Gasteiger partial charge is 0.381 e. The average Bonchev–Trinajstić information content (AvgIpc) is 2.37. The van der Waals surface area contributed by atoms with Crippen LogP contribution in [0.3, 0.4) is 0 Å². The second kappa shape index (κ2) is 8.32. The molecule has 5 nitrogen and oxygen atoms in total. The van der Waals surface area contributed by atoms with E-state index in [9.17, 15) is 8.42 Å². The van der Waals surface area contributed by atoms with Gasteiger partial charge in [-0.25, -0.2) is 12.7 Å². The summed E-state index contributed by atoms with van der Waals surface area (Å²) in [5.41, 5.74) is 0. The van der Waals surface area contributed by atoms with Gasteiger partial charge in [0.05, 0.1) is 25.1 Å². The van der Waals surface area contributed by atoms with E-state index in [1.54, 1.807) is 0 Å². The smallest absolute Gasteiger partial charge is 0.216 e. The number of rotatable bonds is 8. The molecule has 0 bridgehead atoms. The summed E-state index contributed by atoms with van der Waals surface area (Å²) in [5, 5.41) is 0. The second-order valence-electron chi connectivity index (χ2n) is 4.17. The van der Waals surface area contributed by atoms with Crippen molar-refractivity contribution >= 4 is 21.6 Å². The van der Waals surface area contributed by atoms with Gasteiger partial charge in [0.2, 0.25) is 10.0 Å². The van der Waals surface area contributed by atoms with Crippen LogP contribution in [0.2, 0.25) is 0 Å². The molecule has 7 heteroatoms. The first-order valence-corrected chi connectivity index (χ1v) is 8.47. The number of alkyl halides is 1. The Kier molecular flexibility index (Phi) is 7.48. The molecule has 0 saturated carbocycles. The Morgan fingerprint density at radius 2 is 1.94 bits per heavy atom. The maximum absolute atomic E-state index is 12.0. The highest BCUT2D eigenvalue weighted by atomic mass is 35.5. The van der Waals surface area contributed by atoms with Crippen LogP contribution in [0, 0.1) is 0 Å². The van der Waals surface area contributed by atoms with Gasteiger partial charge < -0.3 is 9.47 Å². The topological polar surface area (TPSA) is 55.8 Å². The van der Waals surface area contributed by atoms with Gasteiger partial charge in [-0.2, -0.15) is 0 Å². The summed E-state index contributed by atoms with van der Waals surface area (Å²) in [7, 11) is -3.17. The normalized spacial score (nSPS) is 19.2. The van der Waals surface area contributed by atoms with Crippen molar-refractivity contribution in [3.63, 3.8) is 0 Å². The summed E-state index contributed by atoms with van der Waals surface area (Å²) < 4.78 is 36.1. The molecule has 0 aromatic rings. The van der Waals surface area contributed by atoms with E-state index in [0.717, 1.165) is 12.8 Å². The molecule has 1 heterocycles. The lowest BCUT2D eigenvalue weighted by atomic mass is 10.1. The van der Waals surface area contributed by atoms with Crippen LogP contribution in [0.5, 0.6) is 0 Å². The Labute approximate surface area is 114 Å². The highest BCUT2D eigenvalue weighted by molar-refractivity contribution is 7.89. The van der Waals surface area contributed by atoms with E-state index in [0.29, 0.717) is 32.2 Å². The molecule has 1 saturated heterocycles. The number of hydrogen-bond donors (Lipinski definition) is 0. The molecule has 0 spiro atoms. The standard InChI is InChI=1S/C11H22ClNO4S/c1-2-16-9-10-18(14,15)13-6-3-11(4-7-13)17-8-5-12/h11H,2-10H2,1H3. The second-order valence-corrected chi connectivity index (χ2v) is 6.64. The van der Waals surface area contributed by atoms with Gasteiger partial charge in [-0.15, -0.1) is 11.6 Å². The average molecular weight is 300 g/mol. The molecule has 1 fully saturated rings. The fourth-order valence-corrected chi connectivity index (χ4v) is 3.37. The Balaban J connectivity index is 2.32. The molecule has 0 atom stereocenters. The monoisotopic (exact) mass is 299 g/mol. The molecule has 0 amide bonds. The third-order valence-electron chi connectivity index (χ3n) is 2.91. The molecule has 0 aromatic carbocycles. The van der Waals surface area contributed by atoms with Gasteiger partial charge in [0.15, 0.2) is 0 Å². The van der Waals surface area contributed by atoms with Gasteiger partial charge in [0.25, 0.3) is 0 Å². The molecule has 108 valence electrons. The first-order valence-electron chi connectivity index (χ1n) is 6.33. The molecular weight excluding hydrogens is 278 g/mol. The first-order chi connectivity index (χ1) is 8.60. The predicted molar refractivity (Wildman–Crippen MR) is 71.5 cm³/mol. The Bertz CT molecular complexity index is 315. The number of sulfonamides is 1. The SMILES string of the molecule is CCOCCS(=O)(=O)N1CCC(OCCCl)CC1. The molecule has 0 radical (unpaired) electrons. The molecule has 0 aromatic heterocycles. The lowest BCUT2D eigenvalue weighted by Gasteiger charge is -2.31. The minimum absolute atomic E-state index is 0.0635. The molecular formula is C11H22ClNO4S. The summed E-state index contributed by atoms with van der Waals surface area (Å²) in [4.78, 5) is 0. The fourth-order valence-electron chi connectivity index (χ4n) is 1.93. The molecule has 1 rings (SSSR count). The van der Waals surface area contributed by atoms with E-state index in [-0.39, 0.29) is 18.5 Å². The van der Waals surface area contributed by atoms with Gasteiger partial charge in [-0.3, -0.25) is 0 Å². The lowest BCUT2D eigenvalue weighted by molar-refractivity contribution is 0.0300. The van der Waals surface area contributed by atoms with Crippen molar-refractivity contribution in [1.82, 2.24) is 4.31 Å². The maximum Gasteiger partial charge on any atom is 0.216 e. The molecule has 1 aliphatic heterocycles. The fraction of sp³-hybridized carbons (Fsp3) is 1.00. The van der Waals surface area contributed by atoms with E-state index in [2.05, 4.69) is 0 Å². The van der Waals surface area contributed by atoms with Crippen LogP contribution in [-0.4, -0.2) is 63.4 Å². The van der Waals surface area contributed by atoms with Gasteiger partial charge in [-0.05, 0) is 19.8 Å². The lowest BCUT2D eigenvalue weighted by Crippen LogP contribution is -2.42. The van der Waals surface area contributed by atoms with Crippen molar-refractivity contribution < 1.29 is 17.9 Å². The van der Waals surface area contributed by atoms with E-state index in [4.69, 9.17) is 21.1 Å². The van der Waals surface area contributed by atoms with Gasteiger partial charge >= 0.3 is 0 Å². The quantitative estimate of drug-likeness (QED) is 0.497. The summed E-state index contributed by atoms with van der Waals surface area (Å²) in [5.74, 6) is 0.543. The highest BCUT2D eigenvalue weighted by Crippen LogP contribution is 2.17. The van der Waals surface area contributed by atoms with E-state index in [1.165, 1.54) is 4.31 Å². The van der Waals surface area contributed by atoms with Crippen LogP contribution in [0.4, 0.5) is 0 Å². The Hall–Kier alpha value is 0.120. The number of hydrogen-bond acceptors (Lipinski definition) is 4. The third-order valence-corrected chi connectivity index (χ3v) is 4.90. The zero-order chi connectivity index (χ0) is 13.4. The van der Waals surface area contributed by atoms with Crippen molar-refractivity contribution in [3.05, 3.63) is 0 Å². The number of piperidine rings is 1. The number of nitrogens with zero attached hydrogens (tertiary/aromatic N) is 1.